The van der Waals surface area contributed by atoms with Crippen LogP contribution in [0.4, 0.5) is 11.4 Å². The SMILES string of the molecule is O=[N+]([O-])c1ccc(C2CC(c3ccccc3Cl)=NN2c2cccc(Cl)c2)cc1. The van der Waals surface area contributed by atoms with Gasteiger partial charge in [0.2, 0.25) is 0 Å². The van der Waals surface area contributed by atoms with Crippen molar-refractivity contribution >= 4 is 40.3 Å². The van der Waals surface area contributed by atoms with Crippen molar-refractivity contribution in [3.05, 3.63) is 104 Å². The molecule has 0 N–H and O–H groups in total. The van der Waals surface area contributed by atoms with Gasteiger partial charge < -0.3 is 0 Å². The van der Waals surface area contributed by atoms with Crippen molar-refractivity contribution in [1.29, 1.82) is 0 Å². The second-order valence-electron chi connectivity index (χ2n) is 6.42. The Morgan fingerprint density at radius 2 is 1.75 bits per heavy atom. The third-order valence-corrected chi connectivity index (χ3v) is 5.22. The number of halogens is 2. The van der Waals surface area contributed by atoms with Crippen molar-refractivity contribution in [2.24, 2.45) is 5.10 Å². The molecule has 1 atom stereocenters. The van der Waals surface area contributed by atoms with E-state index in [2.05, 4.69) is 0 Å². The Labute approximate surface area is 172 Å². The molecule has 0 aliphatic carbocycles. The van der Waals surface area contributed by atoms with Crippen LogP contribution in [0.3, 0.4) is 0 Å². The summed E-state index contributed by atoms with van der Waals surface area (Å²) < 4.78 is 0. The first-order valence-electron chi connectivity index (χ1n) is 8.64. The maximum absolute atomic E-state index is 11.0. The van der Waals surface area contributed by atoms with Gasteiger partial charge in [-0.15, -0.1) is 0 Å². The minimum atomic E-state index is -0.404. The molecule has 5 nitrogen and oxygen atoms in total. The first-order valence-corrected chi connectivity index (χ1v) is 9.40. The van der Waals surface area contributed by atoms with Crippen molar-refractivity contribution in [2.75, 3.05) is 5.01 Å². The summed E-state index contributed by atoms with van der Waals surface area (Å²) >= 11 is 12.6. The predicted octanol–water partition coefficient (Wildman–Crippen LogP) is 6.26. The topological polar surface area (TPSA) is 58.7 Å². The minimum Gasteiger partial charge on any atom is -0.258 e. The number of hydrogen-bond donors (Lipinski definition) is 0. The molecule has 0 saturated heterocycles. The second-order valence-corrected chi connectivity index (χ2v) is 7.26. The Morgan fingerprint density at radius 3 is 2.43 bits per heavy atom. The van der Waals surface area contributed by atoms with Crippen LogP contribution in [0.15, 0.2) is 77.9 Å². The first kappa shape index (κ1) is 18.5. The van der Waals surface area contributed by atoms with Gasteiger partial charge in [-0.2, -0.15) is 5.10 Å². The molecular formula is C21H15Cl2N3O2. The number of rotatable bonds is 4. The second kappa shape index (κ2) is 7.62. The van der Waals surface area contributed by atoms with Gasteiger partial charge in [-0.3, -0.25) is 15.1 Å². The van der Waals surface area contributed by atoms with Gasteiger partial charge >= 0.3 is 0 Å². The Morgan fingerprint density at radius 1 is 1.00 bits per heavy atom. The highest BCUT2D eigenvalue weighted by molar-refractivity contribution is 6.34. The zero-order chi connectivity index (χ0) is 19.7. The third-order valence-electron chi connectivity index (χ3n) is 4.66. The molecule has 1 heterocycles. The molecule has 0 spiro atoms. The van der Waals surface area contributed by atoms with Crippen LogP contribution >= 0.6 is 23.2 Å². The normalized spacial score (nSPS) is 16.1. The summed E-state index contributed by atoms with van der Waals surface area (Å²) in [6, 6.07) is 21.5. The number of hydrazone groups is 1. The van der Waals surface area contributed by atoms with Gasteiger partial charge in [-0.1, -0.05) is 59.6 Å². The zero-order valence-electron chi connectivity index (χ0n) is 14.6. The Balaban J connectivity index is 1.76. The molecule has 0 radical (unpaired) electrons. The molecule has 28 heavy (non-hydrogen) atoms. The maximum Gasteiger partial charge on any atom is 0.269 e. The summed E-state index contributed by atoms with van der Waals surface area (Å²) in [7, 11) is 0. The van der Waals surface area contributed by atoms with Crippen LogP contribution in [0.2, 0.25) is 10.0 Å². The van der Waals surface area contributed by atoms with Crippen LogP contribution in [0, 0.1) is 10.1 Å². The van der Waals surface area contributed by atoms with E-state index in [4.69, 9.17) is 28.3 Å². The van der Waals surface area contributed by atoms with Crippen molar-refractivity contribution in [3.63, 3.8) is 0 Å². The third kappa shape index (κ3) is 3.59. The number of nitro benzene ring substituents is 1. The number of benzene rings is 3. The number of nitro groups is 1. The molecule has 0 aromatic heterocycles. The Kier molecular flexibility index (Phi) is 5.03. The van der Waals surface area contributed by atoms with Crippen molar-refractivity contribution in [2.45, 2.75) is 12.5 Å². The average Bonchev–Trinajstić information content (AvgIpc) is 3.13. The van der Waals surface area contributed by atoms with Crippen LogP contribution in [0.5, 0.6) is 0 Å². The number of nitrogens with zero attached hydrogens (tertiary/aromatic N) is 3. The molecular weight excluding hydrogens is 397 g/mol. The molecule has 3 aromatic carbocycles. The molecule has 0 bridgehead atoms. The van der Waals surface area contributed by atoms with E-state index in [-0.39, 0.29) is 11.7 Å². The van der Waals surface area contributed by atoms with Crippen LogP contribution in [-0.4, -0.2) is 10.6 Å². The quantitative estimate of drug-likeness (QED) is 0.376. The summed E-state index contributed by atoms with van der Waals surface area (Å²) in [5.41, 5.74) is 3.56. The molecule has 0 amide bonds. The molecule has 0 saturated carbocycles. The van der Waals surface area contributed by atoms with Crippen molar-refractivity contribution in [3.8, 4) is 0 Å². The fraction of sp³-hybridized carbons (Fsp3) is 0.0952. The molecule has 3 aromatic rings. The van der Waals surface area contributed by atoms with E-state index in [1.807, 2.05) is 47.5 Å². The number of hydrogen-bond acceptors (Lipinski definition) is 4. The van der Waals surface area contributed by atoms with Gasteiger partial charge in [0.15, 0.2) is 0 Å². The van der Waals surface area contributed by atoms with Crippen LogP contribution in [0.1, 0.15) is 23.6 Å². The lowest BCUT2D eigenvalue weighted by molar-refractivity contribution is -0.384. The van der Waals surface area contributed by atoms with E-state index in [0.29, 0.717) is 16.5 Å². The standard InChI is InChI=1S/C21H15Cl2N3O2/c22-15-4-3-5-17(12-15)25-21(14-8-10-16(11-9-14)26(27)28)13-20(24-25)18-6-1-2-7-19(18)23/h1-12,21H,13H2. The predicted molar refractivity (Wildman–Crippen MR) is 112 cm³/mol. The van der Waals surface area contributed by atoms with E-state index < -0.39 is 4.92 Å². The Bertz CT molecular complexity index is 1070. The summed E-state index contributed by atoms with van der Waals surface area (Å²) in [5.74, 6) is 0. The van der Waals surface area contributed by atoms with E-state index in [1.54, 1.807) is 18.2 Å². The lowest BCUT2D eigenvalue weighted by atomic mass is 9.98. The fourth-order valence-corrected chi connectivity index (χ4v) is 3.73. The highest BCUT2D eigenvalue weighted by Crippen LogP contribution is 2.38. The Hall–Kier alpha value is -2.89. The molecule has 1 unspecified atom stereocenters. The molecule has 140 valence electrons. The molecule has 1 aliphatic rings. The summed E-state index contributed by atoms with van der Waals surface area (Å²) in [6.45, 7) is 0. The number of non-ortho nitro benzene ring substituents is 1. The molecule has 1 aliphatic heterocycles. The first-order chi connectivity index (χ1) is 13.5. The van der Waals surface area contributed by atoms with Gasteiger partial charge in [-0.25, -0.2) is 0 Å². The van der Waals surface area contributed by atoms with Gasteiger partial charge in [0, 0.05) is 34.2 Å². The number of anilines is 1. The average molecular weight is 412 g/mol. The van der Waals surface area contributed by atoms with E-state index >= 15 is 0 Å². The summed E-state index contributed by atoms with van der Waals surface area (Å²) in [5, 5.41) is 18.9. The lowest BCUT2D eigenvalue weighted by Crippen LogP contribution is -2.18. The highest BCUT2D eigenvalue weighted by Gasteiger charge is 2.31. The zero-order valence-corrected chi connectivity index (χ0v) is 16.1. The van der Waals surface area contributed by atoms with Crippen molar-refractivity contribution in [1.82, 2.24) is 0 Å². The lowest BCUT2D eigenvalue weighted by Gasteiger charge is -2.24. The van der Waals surface area contributed by atoms with E-state index in [0.717, 1.165) is 22.5 Å². The smallest absolute Gasteiger partial charge is 0.258 e. The minimum absolute atomic E-state index is 0.0586. The van der Waals surface area contributed by atoms with Gasteiger partial charge in [0.25, 0.3) is 5.69 Å². The van der Waals surface area contributed by atoms with E-state index in [1.165, 1.54) is 12.1 Å². The fourth-order valence-electron chi connectivity index (χ4n) is 3.30. The highest BCUT2D eigenvalue weighted by atomic mass is 35.5. The summed E-state index contributed by atoms with van der Waals surface area (Å²) in [6.07, 6.45) is 0.619. The van der Waals surface area contributed by atoms with Crippen LogP contribution in [-0.2, 0) is 0 Å². The van der Waals surface area contributed by atoms with Gasteiger partial charge in [0.1, 0.15) is 0 Å². The molecule has 4 rings (SSSR count). The molecule has 0 fully saturated rings. The largest absolute Gasteiger partial charge is 0.269 e. The van der Waals surface area contributed by atoms with Crippen molar-refractivity contribution < 1.29 is 4.92 Å². The monoisotopic (exact) mass is 411 g/mol. The van der Waals surface area contributed by atoms with Crippen LogP contribution < -0.4 is 5.01 Å². The van der Waals surface area contributed by atoms with Gasteiger partial charge in [-0.05, 0) is 29.8 Å². The maximum atomic E-state index is 11.0. The van der Waals surface area contributed by atoms with E-state index in [9.17, 15) is 10.1 Å². The molecule has 7 heteroatoms. The summed E-state index contributed by atoms with van der Waals surface area (Å²) in [4.78, 5) is 10.6. The van der Waals surface area contributed by atoms with Gasteiger partial charge in [0.05, 0.1) is 22.4 Å². The van der Waals surface area contributed by atoms with Crippen LogP contribution in [0.25, 0.3) is 0 Å².